The van der Waals surface area contributed by atoms with Crippen LogP contribution < -0.4 is 5.73 Å². The Morgan fingerprint density at radius 2 is 2.11 bits per heavy atom. The fraction of sp³-hybridized carbons (Fsp3) is 0.0769. The first-order valence-electron chi connectivity index (χ1n) is 5.48. The lowest BCUT2D eigenvalue weighted by molar-refractivity contribution is 0.429. The minimum absolute atomic E-state index is 0.428. The number of nitrogen functional groups attached to an aromatic ring is 1. The molecule has 18 heavy (non-hydrogen) atoms. The molecule has 0 radical (unpaired) electrons. The monoisotopic (exact) mass is 241 g/mol. The molecule has 5 heteroatoms. The quantitative estimate of drug-likeness (QED) is 0.698. The number of rotatable bonds is 2. The number of nitrogens with two attached hydrogens (primary N) is 1. The van der Waals surface area contributed by atoms with Crippen molar-refractivity contribution >= 4 is 5.69 Å². The van der Waals surface area contributed by atoms with Crippen LogP contribution in [-0.2, 0) is 0 Å². The van der Waals surface area contributed by atoms with Crippen LogP contribution in [0.5, 0.6) is 0 Å². The van der Waals surface area contributed by atoms with Gasteiger partial charge >= 0.3 is 0 Å². The molecule has 90 valence electrons. The van der Waals surface area contributed by atoms with Gasteiger partial charge < -0.3 is 14.7 Å². The van der Waals surface area contributed by atoms with Crippen molar-refractivity contribution in [2.45, 2.75) is 6.92 Å². The topological polar surface area (TPSA) is 78.1 Å². The summed E-state index contributed by atoms with van der Waals surface area (Å²) in [5, 5.41) is 3.89. The van der Waals surface area contributed by atoms with Gasteiger partial charge in [-0.3, -0.25) is 0 Å². The van der Waals surface area contributed by atoms with E-state index in [0.717, 1.165) is 11.1 Å². The Kier molecular flexibility index (Phi) is 2.37. The Hall–Kier alpha value is -2.56. The summed E-state index contributed by atoms with van der Waals surface area (Å²) in [5.74, 6) is 1.44. The number of benzene rings is 1. The maximum Gasteiger partial charge on any atom is 0.258 e. The molecule has 0 fully saturated rings. The number of hydrogen-bond acceptors (Lipinski definition) is 5. The van der Waals surface area contributed by atoms with E-state index in [4.69, 9.17) is 14.7 Å². The van der Waals surface area contributed by atoms with Crippen LogP contribution in [0.15, 0.2) is 45.5 Å². The molecule has 1 aromatic carbocycles. The van der Waals surface area contributed by atoms with Crippen LogP contribution in [0.4, 0.5) is 5.69 Å². The molecular weight excluding hydrogens is 230 g/mol. The molecule has 0 saturated heterocycles. The second-order valence-electron chi connectivity index (χ2n) is 3.97. The highest BCUT2D eigenvalue weighted by Gasteiger charge is 2.14. The highest BCUT2D eigenvalue weighted by atomic mass is 16.5. The molecule has 0 amide bonds. The zero-order valence-electron chi connectivity index (χ0n) is 9.75. The first-order valence-corrected chi connectivity index (χ1v) is 5.48. The Bertz CT molecular complexity index is 671. The number of hydrogen-bond donors (Lipinski definition) is 1. The lowest BCUT2D eigenvalue weighted by Crippen LogP contribution is -1.89. The number of anilines is 1. The van der Waals surface area contributed by atoms with Crippen molar-refractivity contribution in [2.75, 3.05) is 5.73 Å². The van der Waals surface area contributed by atoms with Crippen molar-refractivity contribution in [3.8, 4) is 23.0 Å². The second kappa shape index (κ2) is 4.03. The van der Waals surface area contributed by atoms with Crippen LogP contribution >= 0.6 is 0 Å². The lowest BCUT2D eigenvalue weighted by atomic mass is 10.1. The van der Waals surface area contributed by atoms with Gasteiger partial charge in [-0.1, -0.05) is 11.2 Å². The molecule has 0 saturated carbocycles. The second-order valence-corrected chi connectivity index (χ2v) is 3.97. The first-order chi connectivity index (χ1) is 8.74. The smallest absolute Gasteiger partial charge is 0.258 e. The van der Waals surface area contributed by atoms with Gasteiger partial charge in [-0.2, -0.15) is 4.98 Å². The Balaban J connectivity index is 2.05. The highest BCUT2D eigenvalue weighted by Crippen LogP contribution is 2.26. The molecular formula is C13H11N3O2. The SMILES string of the molecule is Cc1ccc(N)cc1-c1nc(-c2ccco2)no1. The summed E-state index contributed by atoms with van der Waals surface area (Å²) < 4.78 is 10.4. The maximum absolute atomic E-state index is 5.76. The van der Waals surface area contributed by atoms with Gasteiger partial charge in [-0.05, 0) is 36.8 Å². The minimum atomic E-state index is 0.428. The van der Waals surface area contributed by atoms with Crippen LogP contribution in [0.25, 0.3) is 23.0 Å². The molecule has 0 atom stereocenters. The zero-order chi connectivity index (χ0) is 12.5. The van der Waals surface area contributed by atoms with Gasteiger partial charge in [0, 0.05) is 11.3 Å². The van der Waals surface area contributed by atoms with Crippen LogP contribution in [0.2, 0.25) is 0 Å². The standard InChI is InChI=1S/C13H11N3O2/c1-8-4-5-9(14)7-10(8)13-15-12(16-18-13)11-3-2-6-17-11/h2-7H,14H2,1H3. The first kappa shape index (κ1) is 10.6. The normalized spacial score (nSPS) is 10.7. The average Bonchev–Trinajstić information content (AvgIpc) is 3.00. The van der Waals surface area contributed by atoms with Crippen LogP contribution in [0.3, 0.4) is 0 Å². The molecule has 0 aliphatic rings. The van der Waals surface area contributed by atoms with Gasteiger partial charge in [-0.25, -0.2) is 0 Å². The fourth-order valence-corrected chi connectivity index (χ4v) is 1.71. The van der Waals surface area contributed by atoms with Crippen molar-refractivity contribution in [3.05, 3.63) is 42.2 Å². The molecule has 2 aromatic heterocycles. The molecule has 2 N–H and O–H groups in total. The van der Waals surface area contributed by atoms with Gasteiger partial charge in [-0.15, -0.1) is 0 Å². The number of nitrogens with zero attached hydrogens (tertiary/aromatic N) is 2. The molecule has 3 aromatic rings. The molecule has 0 unspecified atom stereocenters. The van der Waals surface area contributed by atoms with Crippen molar-refractivity contribution in [2.24, 2.45) is 0 Å². The highest BCUT2D eigenvalue weighted by molar-refractivity contribution is 5.65. The molecule has 0 aliphatic heterocycles. The van der Waals surface area contributed by atoms with Gasteiger partial charge in [0.05, 0.1) is 6.26 Å². The fourth-order valence-electron chi connectivity index (χ4n) is 1.71. The van der Waals surface area contributed by atoms with E-state index in [1.165, 1.54) is 0 Å². The van der Waals surface area contributed by atoms with E-state index in [1.54, 1.807) is 18.4 Å². The predicted octanol–water partition coefficient (Wildman–Crippen LogP) is 2.89. The molecule has 0 spiro atoms. The summed E-state index contributed by atoms with van der Waals surface area (Å²) in [7, 11) is 0. The summed E-state index contributed by atoms with van der Waals surface area (Å²) in [6.45, 7) is 1.96. The third kappa shape index (κ3) is 1.75. The van der Waals surface area contributed by atoms with Gasteiger partial charge in [0.2, 0.25) is 5.82 Å². The maximum atomic E-state index is 5.76. The third-order valence-electron chi connectivity index (χ3n) is 2.66. The summed E-state index contributed by atoms with van der Waals surface area (Å²) in [6.07, 6.45) is 1.57. The zero-order valence-corrected chi connectivity index (χ0v) is 9.75. The van der Waals surface area contributed by atoms with E-state index in [0.29, 0.717) is 23.2 Å². The van der Waals surface area contributed by atoms with E-state index in [-0.39, 0.29) is 0 Å². The lowest BCUT2D eigenvalue weighted by Gasteiger charge is -2.01. The molecule has 3 rings (SSSR count). The molecule has 0 aliphatic carbocycles. The number of furan rings is 1. The average molecular weight is 241 g/mol. The van der Waals surface area contributed by atoms with E-state index in [9.17, 15) is 0 Å². The summed E-state index contributed by atoms with van der Waals surface area (Å²) in [5.41, 5.74) is 8.28. The Labute approximate surface area is 103 Å². The molecule has 5 nitrogen and oxygen atoms in total. The Morgan fingerprint density at radius 1 is 1.22 bits per heavy atom. The van der Waals surface area contributed by atoms with Crippen molar-refractivity contribution in [1.29, 1.82) is 0 Å². The van der Waals surface area contributed by atoms with Gasteiger partial charge in [0.15, 0.2) is 5.76 Å². The van der Waals surface area contributed by atoms with Crippen molar-refractivity contribution in [3.63, 3.8) is 0 Å². The van der Waals surface area contributed by atoms with Gasteiger partial charge in [0.25, 0.3) is 5.89 Å². The largest absolute Gasteiger partial charge is 0.461 e. The summed E-state index contributed by atoms with van der Waals surface area (Å²) in [6, 6.07) is 9.12. The van der Waals surface area contributed by atoms with Crippen LogP contribution in [-0.4, -0.2) is 10.1 Å². The summed E-state index contributed by atoms with van der Waals surface area (Å²) >= 11 is 0. The van der Waals surface area contributed by atoms with E-state index < -0.39 is 0 Å². The van der Waals surface area contributed by atoms with Crippen LogP contribution in [0, 0.1) is 6.92 Å². The van der Waals surface area contributed by atoms with E-state index in [2.05, 4.69) is 10.1 Å². The Morgan fingerprint density at radius 3 is 2.89 bits per heavy atom. The number of aryl methyl sites for hydroxylation is 1. The number of aromatic nitrogens is 2. The predicted molar refractivity (Wildman–Crippen MR) is 66.6 cm³/mol. The molecule has 0 bridgehead atoms. The van der Waals surface area contributed by atoms with Gasteiger partial charge in [0.1, 0.15) is 0 Å². The summed E-state index contributed by atoms with van der Waals surface area (Å²) in [4.78, 5) is 4.30. The minimum Gasteiger partial charge on any atom is -0.461 e. The van der Waals surface area contributed by atoms with Crippen LogP contribution in [0.1, 0.15) is 5.56 Å². The third-order valence-corrected chi connectivity index (χ3v) is 2.66. The van der Waals surface area contributed by atoms with Crippen molar-refractivity contribution < 1.29 is 8.94 Å². The van der Waals surface area contributed by atoms with Crippen molar-refractivity contribution in [1.82, 2.24) is 10.1 Å². The molecule has 2 heterocycles. The van der Waals surface area contributed by atoms with E-state index in [1.807, 2.05) is 25.1 Å². The van der Waals surface area contributed by atoms with E-state index >= 15 is 0 Å².